The van der Waals surface area contributed by atoms with Gasteiger partial charge in [-0.3, -0.25) is 19.3 Å². The molecule has 8 heteroatoms. The summed E-state index contributed by atoms with van der Waals surface area (Å²) in [4.78, 5) is 54.3. The highest BCUT2D eigenvalue weighted by molar-refractivity contribution is 6.22. The molecule has 1 aliphatic rings. The molecular weight excluding hydrogens is 446 g/mol. The minimum absolute atomic E-state index is 0.0118. The predicted molar refractivity (Wildman–Crippen MR) is 134 cm³/mol. The Morgan fingerprint density at radius 3 is 2.00 bits per heavy atom. The molecule has 0 aromatic heterocycles. The maximum atomic E-state index is 12.9. The van der Waals surface area contributed by atoms with Crippen LogP contribution in [0, 0.1) is 5.92 Å². The highest BCUT2D eigenvalue weighted by atomic mass is 16.5. The molecule has 2 aromatic carbocycles. The molecule has 2 aromatic rings. The summed E-state index contributed by atoms with van der Waals surface area (Å²) in [6.07, 6.45) is 0.233. The average Bonchev–Trinajstić information content (AvgIpc) is 3.07. The molecule has 3 amide bonds. The van der Waals surface area contributed by atoms with Crippen LogP contribution in [-0.4, -0.2) is 53.8 Å². The summed E-state index contributed by atoms with van der Waals surface area (Å²) in [7, 11) is 0. The minimum Gasteiger partial charge on any atom is -0.454 e. The van der Waals surface area contributed by atoms with Crippen molar-refractivity contribution in [3.05, 3.63) is 59.7 Å². The van der Waals surface area contributed by atoms with Crippen molar-refractivity contribution in [2.75, 3.05) is 23.4 Å². The van der Waals surface area contributed by atoms with Crippen LogP contribution < -0.4 is 10.2 Å². The molecule has 1 heterocycles. The SMILES string of the molecule is CCN(c1ccc(NC(=O)COC(=O)C(CC(C)C)N2C(=O)c3ccccc3C2=O)cc1)C(C)C. The topological polar surface area (TPSA) is 96.0 Å². The molecule has 0 fully saturated rings. The van der Waals surface area contributed by atoms with E-state index in [0.29, 0.717) is 11.7 Å². The number of hydrogen-bond donors (Lipinski definition) is 1. The third-order valence-electron chi connectivity index (χ3n) is 5.90. The Morgan fingerprint density at radius 2 is 1.51 bits per heavy atom. The normalized spacial score (nSPS) is 13.7. The second kappa shape index (κ2) is 11.2. The second-order valence-electron chi connectivity index (χ2n) is 9.25. The molecule has 1 unspecified atom stereocenters. The number of carbonyl (C=O) groups is 4. The van der Waals surface area contributed by atoms with Crippen LogP contribution in [0.1, 0.15) is 61.8 Å². The highest BCUT2D eigenvalue weighted by Gasteiger charge is 2.43. The van der Waals surface area contributed by atoms with E-state index in [-0.39, 0.29) is 23.5 Å². The van der Waals surface area contributed by atoms with Crippen molar-refractivity contribution in [3.63, 3.8) is 0 Å². The van der Waals surface area contributed by atoms with Crippen molar-refractivity contribution in [3.8, 4) is 0 Å². The number of benzene rings is 2. The fraction of sp³-hybridized carbons (Fsp3) is 0.407. The first-order chi connectivity index (χ1) is 16.6. The molecule has 186 valence electrons. The van der Waals surface area contributed by atoms with E-state index >= 15 is 0 Å². The van der Waals surface area contributed by atoms with Crippen molar-refractivity contribution in [2.24, 2.45) is 5.92 Å². The predicted octanol–water partition coefficient (Wildman–Crippen LogP) is 4.11. The Labute approximate surface area is 206 Å². The van der Waals surface area contributed by atoms with Gasteiger partial charge in [0.1, 0.15) is 6.04 Å². The van der Waals surface area contributed by atoms with Gasteiger partial charge in [0.05, 0.1) is 11.1 Å². The maximum absolute atomic E-state index is 12.9. The van der Waals surface area contributed by atoms with Crippen LogP contribution in [-0.2, 0) is 14.3 Å². The largest absolute Gasteiger partial charge is 0.454 e. The van der Waals surface area contributed by atoms with E-state index in [4.69, 9.17) is 4.74 Å². The summed E-state index contributed by atoms with van der Waals surface area (Å²) < 4.78 is 5.25. The Balaban J connectivity index is 1.64. The Hall–Kier alpha value is -3.68. The summed E-state index contributed by atoms with van der Waals surface area (Å²) in [6.45, 7) is 10.4. The van der Waals surface area contributed by atoms with Gasteiger partial charge in [-0.25, -0.2) is 4.79 Å². The van der Waals surface area contributed by atoms with Crippen molar-refractivity contribution < 1.29 is 23.9 Å². The fourth-order valence-electron chi connectivity index (χ4n) is 4.26. The summed E-state index contributed by atoms with van der Waals surface area (Å²) in [5.41, 5.74) is 2.15. The van der Waals surface area contributed by atoms with E-state index < -0.39 is 36.3 Å². The number of fused-ring (bicyclic) bond motifs is 1. The summed E-state index contributed by atoms with van der Waals surface area (Å²) in [5.74, 6) is -2.33. The van der Waals surface area contributed by atoms with E-state index in [1.54, 1.807) is 36.4 Å². The van der Waals surface area contributed by atoms with Gasteiger partial charge in [0, 0.05) is 24.0 Å². The summed E-state index contributed by atoms with van der Waals surface area (Å²) in [6, 6.07) is 13.1. The van der Waals surface area contributed by atoms with Gasteiger partial charge in [0.25, 0.3) is 17.7 Å². The van der Waals surface area contributed by atoms with Gasteiger partial charge >= 0.3 is 5.97 Å². The number of anilines is 2. The van der Waals surface area contributed by atoms with Crippen LogP contribution in [0.25, 0.3) is 0 Å². The minimum atomic E-state index is -1.11. The number of carbonyl (C=O) groups excluding carboxylic acids is 4. The lowest BCUT2D eigenvalue weighted by atomic mass is 10.0. The Bertz CT molecular complexity index is 1060. The van der Waals surface area contributed by atoms with Gasteiger partial charge in [-0.05, 0) is 69.5 Å². The summed E-state index contributed by atoms with van der Waals surface area (Å²) >= 11 is 0. The molecule has 3 rings (SSSR count). The van der Waals surface area contributed by atoms with Crippen molar-refractivity contribution >= 4 is 35.1 Å². The lowest BCUT2D eigenvalue weighted by Gasteiger charge is -2.27. The number of ether oxygens (including phenoxy) is 1. The number of amides is 3. The number of rotatable bonds is 10. The smallest absolute Gasteiger partial charge is 0.329 e. The van der Waals surface area contributed by atoms with E-state index in [1.807, 2.05) is 26.0 Å². The van der Waals surface area contributed by atoms with Crippen LogP contribution in [0.5, 0.6) is 0 Å². The lowest BCUT2D eigenvalue weighted by Crippen LogP contribution is -2.46. The lowest BCUT2D eigenvalue weighted by molar-refractivity contribution is -0.151. The third-order valence-corrected chi connectivity index (χ3v) is 5.90. The zero-order chi connectivity index (χ0) is 25.7. The number of nitrogens with one attached hydrogen (secondary N) is 1. The van der Waals surface area contributed by atoms with Gasteiger partial charge < -0.3 is 15.0 Å². The van der Waals surface area contributed by atoms with Crippen molar-refractivity contribution in [1.29, 1.82) is 0 Å². The van der Waals surface area contributed by atoms with Gasteiger partial charge in [-0.2, -0.15) is 0 Å². The quantitative estimate of drug-likeness (QED) is 0.407. The van der Waals surface area contributed by atoms with Crippen LogP contribution in [0.15, 0.2) is 48.5 Å². The van der Waals surface area contributed by atoms with Crippen LogP contribution >= 0.6 is 0 Å². The number of esters is 1. The van der Waals surface area contributed by atoms with Crippen LogP contribution in [0.2, 0.25) is 0 Å². The van der Waals surface area contributed by atoms with Crippen molar-refractivity contribution in [2.45, 2.75) is 53.1 Å². The average molecular weight is 480 g/mol. The van der Waals surface area contributed by atoms with Gasteiger partial charge in [-0.1, -0.05) is 26.0 Å². The standard InChI is InChI=1S/C27H33N3O5/c1-6-29(18(4)5)20-13-11-19(12-14-20)28-24(31)16-35-27(34)23(15-17(2)3)30-25(32)21-9-7-8-10-22(21)26(30)33/h7-14,17-18,23H,6,15-16H2,1-5H3,(H,28,31). The molecule has 8 nitrogen and oxygen atoms in total. The number of nitrogens with zero attached hydrogens (tertiary/aromatic N) is 2. The highest BCUT2D eigenvalue weighted by Crippen LogP contribution is 2.27. The van der Waals surface area contributed by atoms with E-state index in [0.717, 1.165) is 17.1 Å². The number of hydrogen-bond acceptors (Lipinski definition) is 6. The summed E-state index contributed by atoms with van der Waals surface area (Å²) in [5, 5.41) is 2.71. The molecule has 0 radical (unpaired) electrons. The van der Waals surface area contributed by atoms with Crippen molar-refractivity contribution in [1.82, 2.24) is 4.90 Å². The monoisotopic (exact) mass is 479 g/mol. The maximum Gasteiger partial charge on any atom is 0.329 e. The molecule has 0 aliphatic carbocycles. The Kier molecular flexibility index (Phi) is 8.27. The van der Waals surface area contributed by atoms with Gasteiger partial charge in [0.2, 0.25) is 0 Å². The van der Waals surface area contributed by atoms with Crippen LogP contribution in [0.3, 0.4) is 0 Å². The first-order valence-corrected chi connectivity index (χ1v) is 11.9. The Morgan fingerprint density at radius 1 is 0.943 bits per heavy atom. The molecule has 0 spiro atoms. The van der Waals surface area contributed by atoms with E-state index in [9.17, 15) is 19.2 Å². The molecule has 0 saturated heterocycles. The third kappa shape index (κ3) is 5.88. The van der Waals surface area contributed by atoms with Gasteiger partial charge in [-0.15, -0.1) is 0 Å². The molecule has 0 bridgehead atoms. The fourth-order valence-corrected chi connectivity index (χ4v) is 4.26. The zero-order valence-electron chi connectivity index (χ0n) is 20.9. The second-order valence-corrected chi connectivity index (χ2v) is 9.25. The van der Waals surface area contributed by atoms with Crippen LogP contribution in [0.4, 0.5) is 11.4 Å². The molecule has 1 N–H and O–H groups in total. The molecule has 1 atom stereocenters. The molecular formula is C27H33N3O5. The first kappa shape index (κ1) is 25.9. The van der Waals surface area contributed by atoms with Gasteiger partial charge in [0.15, 0.2) is 6.61 Å². The molecule has 35 heavy (non-hydrogen) atoms. The van der Waals surface area contributed by atoms with E-state index in [2.05, 4.69) is 31.0 Å². The molecule has 0 saturated carbocycles. The molecule has 1 aliphatic heterocycles. The number of imide groups is 1. The zero-order valence-corrected chi connectivity index (χ0v) is 20.9. The van der Waals surface area contributed by atoms with E-state index in [1.165, 1.54) is 0 Å². The first-order valence-electron chi connectivity index (χ1n) is 11.9.